The first kappa shape index (κ1) is 13.9. The topological polar surface area (TPSA) is 43.4 Å². The second-order valence-corrected chi connectivity index (χ2v) is 8.00. The minimum absolute atomic E-state index is 0.0979. The van der Waals surface area contributed by atoms with Gasteiger partial charge in [0.2, 0.25) is 0 Å². The summed E-state index contributed by atoms with van der Waals surface area (Å²) < 4.78 is 28.2. The number of methoxy groups -OCH3 is 1. The maximum atomic E-state index is 11.5. The molecule has 0 aliphatic carbocycles. The Morgan fingerprint density at radius 2 is 2.17 bits per heavy atom. The van der Waals surface area contributed by atoms with Gasteiger partial charge < -0.3 is 4.74 Å². The smallest absolute Gasteiger partial charge is 0.150 e. The number of halogens is 1. The molecule has 1 aromatic carbocycles. The Balaban J connectivity index is 2.21. The van der Waals surface area contributed by atoms with Crippen LogP contribution in [0.4, 0.5) is 0 Å². The van der Waals surface area contributed by atoms with E-state index in [1.54, 1.807) is 7.11 Å². The summed E-state index contributed by atoms with van der Waals surface area (Å²) in [7, 11) is -1.19. The van der Waals surface area contributed by atoms with E-state index in [0.29, 0.717) is 5.75 Å². The van der Waals surface area contributed by atoms with E-state index >= 15 is 0 Å². The number of hydrogen-bond acceptors (Lipinski definition) is 3. The third-order valence-electron chi connectivity index (χ3n) is 3.46. The molecule has 0 bridgehead atoms. The van der Waals surface area contributed by atoms with Crippen LogP contribution in [0, 0.1) is 12.8 Å². The average Bonchev–Trinajstić information content (AvgIpc) is 2.68. The molecule has 0 aromatic heterocycles. The molecule has 0 N–H and O–H groups in total. The van der Waals surface area contributed by atoms with E-state index in [0.717, 1.165) is 23.3 Å². The summed E-state index contributed by atoms with van der Waals surface area (Å²) in [5, 5.41) is 0. The first-order valence-electron chi connectivity index (χ1n) is 5.92. The second kappa shape index (κ2) is 5.21. The first-order valence-corrected chi connectivity index (χ1v) is 8.65. The Morgan fingerprint density at radius 3 is 2.67 bits per heavy atom. The maximum absolute atomic E-state index is 11.5. The maximum Gasteiger partial charge on any atom is 0.150 e. The van der Waals surface area contributed by atoms with E-state index < -0.39 is 9.84 Å². The van der Waals surface area contributed by atoms with Crippen molar-refractivity contribution in [3.05, 3.63) is 29.3 Å². The van der Waals surface area contributed by atoms with Gasteiger partial charge in [0.1, 0.15) is 5.75 Å². The second-order valence-electron chi connectivity index (χ2n) is 4.79. The van der Waals surface area contributed by atoms with Crippen molar-refractivity contribution in [3.8, 4) is 5.75 Å². The van der Waals surface area contributed by atoms with E-state index in [4.69, 9.17) is 4.74 Å². The zero-order chi connectivity index (χ0) is 13.3. The number of sulfone groups is 1. The Bertz CT molecular complexity index is 539. The summed E-state index contributed by atoms with van der Waals surface area (Å²) in [6.07, 6.45) is 0.740. The molecule has 1 aliphatic rings. The lowest BCUT2D eigenvalue weighted by molar-refractivity contribution is 0.414. The zero-order valence-electron chi connectivity index (χ0n) is 10.5. The van der Waals surface area contributed by atoms with E-state index in [1.807, 2.05) is 25.1 Å². The molecule has 1 aliphatic heterocycles. The molecule has 2 atom stereocenters. The van der Waals surface area contributed by atoms with Crippen LogP contribution in [0.1, 0.15) is 22.4 Å². The molecule has 0 spiro atoms. The predicted molar refractivity (Wildman–Crippen MR) is 76.2 cm³/mol. The van der Waals surface area contributed by atoms with Crippen molar-refractivity contribution in [2.45, 2.75) is 18.2 Å². The lowest BCUT2D eigenvalue weighted by Gasteiger charge is -2.19. The molecule has 1 heterocycles. The molecule has 1 aromatic rings. The van der Waals surface area contributed by atoms with Crippen LogP contribution in [0.2, 0.25) is 0 Å². The highest BCUT2D eigenvalue weighted by Gasteiger charge is 2.33. The summed E-state index contributed by atoms with van der Waals surface area (Å²) in [4.78, 5) is 0.0979. The number of alkyl halides is 1. The fraction of sp³-hybridized carbons (Fsp3) is 0.538. The van der Waals surface area contributed by atoms with Crippen molar-refractivity contribution < 1.29 is 13.2 Å². The SMILES string of the molecule is COc1ccc(C(Br)C2CCS(=O)(=O)C2)c(C)c1. The van der Waals surface area contributed by atoms with Gasteiger partial charge in [0.05, 0.1) is 18.6 Å². The fourth-order valence-corrected chi connectivity index (χ4v) is 5.45. The summed E-state index contributed by atoms with van der Waals surface area (Å²) in [5.74, 6) is 1.60. The molecule has 1 fully saturated rings. The van der Waals surface area contributed by atoms with Crippen LogP contribution in [-0.2, 0) is 9.84 Å². The van der Waals surface area contributed by atoms with Crippen LogP contribution in [0.25, 0.3) is 0 Å². The lowest BCUT2D eigenvalue weighted by Crippen LogP contribution is -2.11. The van der Waals surface area contributed by atoms with Crippen molar-refractivity contribution in [2.75, 3.05) is 18.6 Å². The number of hydrogen-bond donors (Lipinski definition) is 0. The van der Waals surface area contributed by atoms with Gasteiger partial charge in [0.15, 0.2) is 9.84 Å². The van der Waals surface area contributed by atoms with Gasteiger partial charge in [-0.2, -0.15) is 0 Å². The predicted octanol–water partition coefficient (Wildman–Crippen LogP) is 2.87. The molecular weight excluding hydrogens is 316 g/mol. The van der Waals surface area contributed by atoms with Gasteiger partial charge in [0, 0.05) is 4.83 Å². The third kappa shape index (κ3) is 2.88. The molecule has 2 rings (SSSR count). The molecule has 0 saturated carbocycles. The van der Waals surface area contributed by atoms with E-state index in [-0.39, 0.29) is 16.5 Å². The molecule has 100 valence electrons. The first-order chi connectivity index (χ1) is 8.43. The minimum Gasteiger partial charge on any atom is -0.497 e. The summed E-state index contributed by atoms with van der Waals surface area (Å²) in [5.41, 5.74) is 2.28. The fourth-order valence-electron chi connectivity index (χ4n) is 2.39. The van der Waals surface area contributed by atoms with Crippen molar-refractivity contribution in [1.29, 1.82) is 0 Å². The monoisotopic (exact) mass is 332 g/mol. The van der Waals surface area contributed by atoms with Crippen LogP contribution in [0.5, 0.6) is 5.75 Å². The highest BCUT2D eigenvalue weighted by Crippen LogP contribution is 2.39. The van der Waals surface area contributed by atoms with Crippen molar-refractivity contribution >= 4 is 25.8 Å². The average molecular weight is 333 g/mol. The normalized spacial score (nSPS) is 23.8. The number of rotatable bonds is 3. The summed E-state index contributed by atoms with van der Waals surface area (Å²) >= 11 is 3.66. The number of ether oxygens (including phenoxy) is 1. The van der Waals surface area contributed by atoms with Crippen molar-refractivity contribution in [3.63, 3.8) is 0 Å². The Morgan fingerprint density at radius 1 is 1.44 bits per heavy atom. The van der Waals surface area contributed by atoms with Crippen LogP contribution >= 0.6 is 15.9 Å². The van der Waals surface area contributed by atoms with Gasteiger partial charge >= 0.3 is 0 Å². The zero-order valence-corrected chi connectivity index (χ0v) is 12.9. The van der Waals surface area contributed by atoms with Gasteiger partial charge in [-0.05, 0) is 42.5 Å². The molecule has 18 heavy (non-hydrogen) atoms. The molecule has 0 radical (unpaired) electrons. The minimum atomic E-state index is -2.83. The van der Waals surface area contributed by atoms with E-state index in [1.165, 1.54) is 0 Å². The largest absolute Gasteiger partial charge is 0.497 e. The van der Waals surface area contributed by atoms with Gasteiger partial charge in [-0.15, -0.1) is 0 Å². The molecule has 5 heteroatoms. The van der Waals surface area contributed by atoms with Crippen molar-refractivity contribution in [2.24, 2.45) is 5.92 Å². The molecule has 3 nitrogen and oxygen atoms in total. The van der Waals surface area contributed by atoms with E-state index in [2.05, 4.69) is 15.9 Å². The third-order valence-corrected chi connectivity index (χ3v) is 6.49. The molecular formula is C13H17BrO3S. The summed E-state index contributed by atoms with van der Waals surface area (Å²) in [6, 6.07) is 5.91. The Kier molecular flexibility index (Phi) is 4.02. The van der Waals surface area contributed by atoms with Crippen LogP contribution in [-0.4, -0.2) is 27.0 Å². The number of aryl methyl sites for hydroxylation is 1. The standard InChI is InChI=1S/C13H17BrO3S/c1-9-7-11(17-2)3-4-12(9)13(14)10-5-6-18(15,16)8-10/h3-4,7,10,13H,5-6,8H2,1-2H3. The highest BCUT2D eigenvalue weighted by molar-refractivity contribution is 9.09. The van der Waals surface area contributed by atoms with Crippen LogP contribution in [0.3, 0.4) is 0 Å². The quantitative estimate of drug-likeness (QED) is 0.799. The Labute approximate surface area is 117 Å². The number of benzene rings is 1. The van der Waals surface area contributed by atoms with Gasteiger partial charge in [-0.1, -0.05) is 22.0 Å². The van der Waals surface area contributed by atoms with Gasteiger partial charge in [-0.3, -0.25) is 0 Å². The van der Waals surface area contributed by atoms with Crippen LogP contribution in [0.15, 0.2) is 18.2 Å². The van der Waals surface area contributed by atoms with Gasteiger partial charge in [-0.25, -0.2) is 8.42 Å². The lowest BCUT2D eigenvalue weighted by atomic mass is 9.95. The van der Waals surface area contributed by atoms with E-state index in [9.17, 15) is 8.42 Å². The van der Waals surface area contributed by atoms with Crippen LogP contribution < -0.4 is 4.74 Å². The molecule has 0 amide bonds. The molecule has 2 unspecified atom stereocenters. The van der Waals surface area contributed by atoms with Crippen molar-refractivity contribution in [1.82, 2.24) is 0 Å². The Hall–Kier alpha value is -0.550. The highest BCUT2D eigenvalue weighted by atomic mass is 79.9. The molecule has 1 saturated heterocycles. The van der Waals surface area contributed by atoms with Gasteiger partial charge in [0.25, 0.3) is 0 Å². The summed E-state index contributed by atoms with van der Waals surface area (Å²) in [6.45, 7) is 2.02.